The second kappa shape index (κ2) is 7.12. The molecule has 3 rings (SSSR count). The highest BCUT2D eigenvalue weighted by molar-refractivity contribution is 6.62. The Labute approximate surface area is 155 Å². The van der Waals surface area contributed by atoms with Crippen molar-refractivity contribution >= 4 is 18.3 Å². The molecule has 1 aromatic carbocycles. The molecule has 1 N–H and O–H groups in total. The third-order valence-corrected chi connectivity index (χ3v) is 5.83. The van der Waals surface area contributed by atoms with E-state index in [0.29, 0.717) is 6.54 Å². The molecule has 0 aromatic heterocycles. The van der Waals surface area contributed by atoms with E-state index in [-0.39, 0.29) is 11.2 Å². The van der Waals surface area contributed by atoms with Gasteiger partial charge < -0.3 is 19.5 Å². The van der Waals surface area contributed by atoms with E-state index in [0.717, 1.165) is 48.5 Å². The SMILES string of the molecule is Cc1c(CN=[N+]=[N-])cc(N2CCNCC2)cc1B1OC(C)(C)C(C)(C)O1. The summed E-state index contributed by atoms with van der Waals surface area (Å²) < 4.78 is 12.6. The maximum Gasteiger partial charge on any atom is 0.495 e. The number of nitrogens with zero attached hydrogens (tertiary/aromatic N) is 4. The van der Waals surface area contributed by atoms with Crippen LogP contribution in [0.1, 0.15) is 38.8 Å². The van der Waals surface area contributed by atoms with Crippen molar-refractivity contribution in [3.05, 3.63) is 33.7 Å². The lowest BCUT2D eigenvalue weighted by molar-refractivity contribution is 0.00578. The summed E-state index contributed by atoms with van der Waals surface area (Å²) in [6.45, 7) is 14.4. The van der Waals surface area contributed by atoms with Crippen LogP contribution < -0.4 is 15.7 Å². The quantitative estimate of drug-likeness (QED) is 0.389. The van der Waals surface area contributed by atoms with E-state index in [1.165, 1.54) is 0 Å². The molecular weight excluding hydrogens is 329 g/mol. The molecule has 0 amide bonds. The number of azide groups is 1. The third kappa shape index (κ3) is 3.55. The van der Waals surface area contributed by atoms with Gasteiger partial charge in [0, 0.05) is 36.8 Å². The Balaban J connectivity index is 2.01. The third-order valence-electron chi connectivity index (χ3n) is 5.83. The molecule has 0 spiro atoms. The molecule has 2 aliphatic rings. The van der Waals surface area contributed by atoms with Gasteiger partial charge in [-0.1, -0.05) is 5.11 Å². The van der Waals surface area contributed by atoms with Crippen molar-refractivity contribution in [2.75, 3.05) is 31.1 Å². The Kier molecular flexibility index (Phi) is 5.22. The van der Waals surface area contributed by atoms with Crippen LogP contribution in [0.15, 0.2) is 17.2 Å². The molecule has 2 fully saturated rings. The maximum atomic E-state index is 8.74. The highest BCUT2D eigenvalue weighted by Gasteiger charge is 2.52. The zero-order chi connectivity index (χ0) is 18.9. The maximum absolute atomic E-state index is 8.74. The minimum atomic E-state index is -0.423. The zero-order valence-electron chi connectivity index (χ0n) is 16.4. The largest absolute Gasteiger partial charge is 0.495 e. The predicted molar refractivity (Wildman–Crippen MR) is 105 cm³/mol. The average molecular weight is 357 g/mol. The fraction of sp³-hybridized carbons (Fsp3) is 0.667. The molecule has 26 heavy (non-hydrogen) atoms. The lowest BCUT2D eigenvalue weighted by atomic mass is 9.74. The minimum absolute atomic E-state index is 0.328. The van der Waals surface area contributed by atoms with Crippen molar-refractivity contribution in [3.8, 4) is 0 Å². The second-order valence-electron chi connectivity index (χ2n) is 8.03. The van der Waals surface area contributed by atoms with Gasteiger partial charge in [0.2, 0.25) is 0 Å². The van der Waals surface area contributed by atoms with E-state index in [9.17, 15) is 0 Å². The first-order valence-electron chi connectivity index (χ1n) is 9.21. The van der Waals surface area contributed by atoms with E-state index in [2.05, 4.69) is 60.1 Å². The Morgan fingerprint density at radius 2 is 1.81 bits per heavy atom. The van der Waals surface area contributed by atoms with Gasteiger partial charge in [0.05, 0.1) is 17.7 Å². The fourth-order valence-electron chi connectivity index (χ4n) is 3.37. The molecule has 2 heterocycles. The summed E-state index contributed by atoms with van der Waals surface area (Å²) in [6, 6.07) is 4.30. The zero-order valence-corrected chi connectivity index (χ0v) is 16.4. The van der Waals surface area contributed by atoms with Gasteiger partial charge in [-0.15, -0.1) is 0 Å². The van der Waals surface area contributed by atoms with Crippen LogP contribution in [0.5, 0.6) is 0 Å². The molecule has 140 valence electrons. The smallest absolute Gasteiger partial charge is 0.399 e. The molecule has 2 aliphatic heterocycles. The van der Waals surface area contributed by atoms with Gasteiger partial charge in [-0.3, -0.25) is 0 Å². The van der Waals surface area contributed by atoms with Crippen LogP contribution in [0.25, 0.3) is 10.4 Å². The fourth-order valence-corrected chi connectivity index (χ4v) is 3.37. The van der Waals surface area contributed by atoms with Crippen molar-refractivity contribution in [2.24, 2.45) is 5.11 Å². The summed E-state index contributed by atoms with van der Waals surface area (Å²) in [7, 11) is -0.423. The van der Waals surface area contributed by atoms with E-state index < -0.39 is 7.12 Å². The van der Waals surface area contributed by atoms with Gasteiger partial charge in [-0.2, -0.15) is 0 Å². The number of anilines is 1. The van der Waals surface area contributed by atoms with Crippen LogP contribution >= 0.6 is 0 Å². The first kappa shape index (κ1) is 19.0. The van der Waals surface area contributed by atoms with Crippen molar-refractivity contribution in [1.82, 2.24) is 5.32 Å². The van der Waals surface area contributed by atoms with Crippen LogP contribution in [-0.4, -0.2) is 44.5 Å². The monoisotopic (exact) mass is 357 g/mol. The highest BCUT2D eigenvalue weighted by atomic mass is 16.7. The molecule has 2 saturated heterocycles. The first-order valence-corrected chi connectivity index (χ1v) is 9.21. The van der Waals surface area contributed by atoms with Crippen LogP contribution in [0.4, 0.5) is 5.69 Å². The summed E-state index contributed by atoms with van der Waals surface area (Å²) in [5.41, 5.74) is 12.2. The Hall–Kier alpha value is -1.73. The summed E-state index contributed by atoms with van der Waals surface area (Å²) in [5.74, 6) is 0. The standard InChI is InChI=1S/C18H28BN5O2/c1-13-14(12-22-23-20)10-15(24-8-6-21-7-9-24)11-16(13)19-25-17(2,3)18(4,5)26-19/h10-11,21H,6-9,12H2,1-5H3. The molecule has 1 aromatic rings. The van der Waals surface area contributed by atoms with Crippen molar-refractivity contribution in [3.63, 3.8) is 0 Å². The lowest BCUT2D eigenvalue weighted by Gasteiger charge is -2.32. The summed E-state index contributed by atoms with van der Waals surface area (Å²) >= 11 is 0. The van der Waals surface area contributed by atoms with Gasteiger partial charge in [0.25, 0.3) is 0 Å². The Morgan fingerprint density at radius 1 is 1.19 bits per heavy atom. The van der Waals surface area contributed by atoms with Crippen LogP contribution in [0, 0.1) is 6.92 Å². The average Bonchev–Trinajstić information content (AvgIpc) is 2.82. The number of benzene rings is 1. The molecule has 0 atom stereocenters. The van der Waals surface area contributed by atoms with Gasteiger partial charge in [-0.25, -0.2) is 0 Å². The lowest BCUT2D eigenvalue weighted by Crippen LogP contribution is -2.44. The van der Waals surface area contributed by atoms with Crippen LogP contribution in [-0.2, 0) is 15.9 Å². The highest BCUT2D eigenvalue weighted by Crippen LogP contribution is 2.37. The molecule has 0 unspecified atom stereocenters. The number of hydrogen-bond donors (Lipinski definition) is 1. The Bertz CT molecular complexity index is 709. The van der Waals surface area contributed by atoms with Crippen molar-refractivity contribution < 1.29 is 9.31 Å². The predicted octanol–water partition coefficient (Wildman–Crippen LogP) is 2.51. The van der Waals surface area contributed by atoms with Crippen LogP contribution in [0.2, 0.25) is 0 Å². The summed E-state index contributed by atoms with van der Waals surface area (Å²) in [5, 5.41) is 7.16. The summed E-state index contributed by atoms with van der Waals surface area (Å²) in [4.78, 5) is 5.28. The van der Waals surface area contributed by atoms with E-state index in [1.807, 2.05) is 6.92 Å². The minimum Gasteiger partial charge on any atom is -0.399 e. The molecule has 8 heteroatoms. The van der Waals surface area contributed by atoms with E-state index in [1.54, 1.807) is 0 Å². The number of hydrogen-bond acceptors (Lipinski definition) is 5. The number of rotatable bonds is 4. The number of piperazine rings is 1. The van der Waals surface area contributed by atoms with Gasteiger partial charge >= 0.3 is 7.12 Å². The first-order chi connectivity index (χ1) is 12.2. The molecule has 7 nitrogen and oxygen atoms in total. The van der Waals surface area contributed by atoms with Gasteiger partial charge in [0.15, 0.2) is 0 Å². The molecule has 0 radical (unpaired) electrons. The normalized spacial score (nSPS) is 21.6. The van der Waals surface area contributed by atoms with Gasteiger partial charge in [-0.05, 0) is 68.9 Å². The second-order valence-corrected chi connectivity index (χ2v) is 8.03. The Morgan fingerprint density at radius 3 is 2.38 bits per heavy atom. The van der Waals surface area contributed by atoms with E-state index >= 15 is 0 Å². The summed E-state index contributed by atoms with van der Waals surface area (Å²) in [6.07, 6.45) is 0. The van der Waals surface area contributed by atoms with Crippen LogP contribution in [0.3, 0.4) is 0 Å². The number of nitrogens with one attached hydrogen (secondary N) is 1. The van der Waals surface area contributed by atoms with Crippen molar-refractivity contribution in [1.29, 1.82) is 0 Å². The van der Waals surface area contributed by atoms with Gasteiger partial charge in [0.1, 0.15) is 0 Å². The molecule has 0 saturated carbocycles. The molecule has 0 aliphatic carbocycles. The van der Waals surface area contributed by atoms with Crippen molar-refractivity contribution in [2.45, 2.75) is 52.4 Å². The molecular formula is C18H28BN5O2. The van der Waals surface area contributed by atoms with E-state index in [4.69, 9.17) is 14.8 Å². The topological polar surface area (TPSA) is 82.5 Å². The molecule has 0 bridgehead atoms.